The summed E-state index contributed by atoms with van der Waals surface area (Å²) in [6.07, 6.45) is 4.94. The monoisotopic (exact) mass is 396 g/mol. The van der Waals surface area contributed by atoms with Gasteiger partial charge in [0.05, 0.1) is 29.8 Å². The number of halogens is 1. The number of nitrogens with zero attached hydrogens (tertiary/aromatic N) is 5. The van der Waals surface area contributed by atoms with Crippen LogP contribution in [0.5, 0.6) is 0 Å². The molecule has 4 rings (SSSR count). The number of aryl methyl sites for hydroxylation is 2. The number of amides is 1. The van der Waals surface area contributed by atoms with Crippen molar-refractivity contribution in [3.8, 4) is 0 Å². The number of benzene rings is 1. The first kappa shape index (κ1) is 18.9. The molecule has 2 aromatic heterocycles. The first-order chi connectivity index (χ1) is 14.0. The molecule has 0 aliphatic carbocycles. The maximum Gasteiger partial charge on any atom is 0.268 e. The fourth-order valence-electron chi connectivity index (χ4n) is 3.12. The second kappa shape index (κ2) is 7.86. The van der Waals surface area contributed by atoms with Crippen LogP contribution in [0.15, 0.2) is 48.0 Å². The Bertz CT molecular complexity index is 1050. The van der Waals surface area contributed by atoms with Crippen molar-refractivity contribution >= 4 is 17.3 Å². The number of hydrogen-bond donors (Lipinski definition) is 1. The second-order valence-electron chi connectivity index (χ2n) is 6.85. The van der Waals surface area contributed by atoms with Gasteiger partial charge in [0.15, 0.2) is 0 Å². The number of oxime groups is 1. The maximum absolute atomic E-state index is 13.1. The lowest BCUT2D eigenvalue weighted by atomic mass is 10.0. The summed E-state index contributed by atoms with van der Waals surface area (Å²) in [4.78, 5) is 17.8. The van der Waals surface area contributed by atoms with Gasteiger partial charge >= 0.3 is 0 Å². The zero-order chi connectivity index (χ0) is 20.4. The molecule has 29 heavy (non-hydrogen) atoms. The number of hydrogen-bond acceptors (Lipinski definition) is 5. The van der Waals surface area contributed by atoms with E-state index in [0.29, 0.717) is 24.4 Å². The van der Waals surface area contributed by atoms with E-state index in [1.807, 2.05) is 24.7 Å². The zero-order valence-corrected chi connectivity index (χ0v) is 16.2. The lowest BCUT2D eigenvalue weighted by Gasteiger charge is -2.07. The van der Waals surface area contributed by atoms with Gasteiger partial charge in [0, 0.05) is 30.9 Å². The highest BCUT2D eigenvalue weighted by atomic mass is 19.1. The van der Waals surface area contributed by atoms with E-state index in [0.717, 1.165) is 23.4 Å². The third-order valence-electron chi connectivity index (χ3n) is 4.74. The molecule has 8 nitrogen and oxygen atoms in total. The van der Waals surface area contributed by atoms with E-state index >= 15 is 0 Å². The molecule has 0 radical (unpaired) electrons. The predicted octanol–water partition coefficient (Wildman–Crippen LogP) is 2.73. The lowest BCUT2D eigenvalue weighted by Crippen LogP contribution is -2.27. The Morgan fingerprint density at radius 2 is 2.07 bits per heavy atom. The number of aromatic nitrogens is 4. The summed E-state index contributed by atoms with van der Waals surface area (Å²) in [6, 6.07) is 5.94. The summed E-state index contributed by atoms with van der Waals surface area (Å²) < 4.78 is 16.7. The molecule has 0 saturated carbocycles. The summed E-state index contributed by atoms with van der Waals surface area (Å²) in [5, 5.41) is 15.5. The van der Waals surface area contributed by atoms with Gasteiger partial charge in [0.1, 0.15) is 5.82 Å². The van der Waals surface area contributed by atoms with E-state index in [4.69, 9.17) is 4.84 Å². The Hall–Kier alpha value is -3.49. The molecule has 0 fully saturated rings. The van der Waals surface area contributed by atoms with Crippen LogP contribution >= 0.6 is 0 Å². The summed E-state index contributed by atoms with van der Waals surface area (Å²) in [6.45, 7) is 5.38. The van der Waals surface area contributed by atoms with Gasteiger partial charge in [-0.05, 0) is 31.5 Å². The summed E-state index contributed by atoms with van der Waals surface area (Å²) in [5.74, 6) is -0.628. The normalized spacial score (nSPS) is 15.8. The number of rotatable bonds is 6. The van der Waals surface area contributed by atoms with E-state index in [2.05, 4.69) is 20.7 Å². The average Bonchev–Trinajstić information content (AvgIpc) is 3.44. The SMILES string of the molecule is CCn1cc(Cn2cc(NC(=O)C3CC(c4ccc(F)cc4)=NO3)cn2)c(C)n1. The number of anilines is 1. The Morgan fingerprint density at radius 3 is 2.79 bits per heavy atom. The van der Waals surface area contributed by atoms with Crippen molar-refractivity contribution in [1.82, 2.24) is 19.6 Å². The van der Waals surface area contributed by atoms with Crippen molar-refractivity contribution in [1.29, 1.82) is 0 Å². The molecule has 1 atom stereocenters. The number of nitrogens with one attached hydrogen (secondary N) is 1. The van der Waals surface area contributed by atoms with Crippen molar-refractivity contribution in [3.05, 3.63) is 65.5 Å². The van der Waals surface area contributed by atoms with Gasteiger partial charge in [-0.15, -0.1) is 0 Å². The van der Waals surface area contributed by atoms with Crippen LogP contribution in [0.4, 0.5) is 10.1 Å². The van der Waals surface area contributed by atoms with Gasteiger partial charge in [-0.1, -0.05) is 17.3 Å². The quantitative estimate of drug-likeness (QED) is 0.694. The van der Waals surface area contributed by atoms with Crippen LogP contribution < -0.4 is 5.32 Å². The van der Waals surface area contributed by atoms with E-state index in [1.54, 1.807) is 29.2 Å². The zero-order valence-electron chi connectivity index (χ0n) is 16.2. The van der Waals surface area contributed by atoms with E-state index in [-0.39, 0.29) is 11.7 Å². The van der Waals surface area contributed by atoms with E-state index in [1.165, 1.54) is 12.1 Å². The standard InChI is InChI=1S/C20H21FN6O2/c1-3-26-10-15(13(2)24-26)11-27-12-17(9-22-27)23-20(28)19-8-18(25-29-19)14-4-6-16(21)7-5-14/h4-7,9-10,12,19H,3,8,11H2,1-2H3,(H,23,28). The fraction of sp³-hybridized carbons (Fsp3) is 0.300. The molecule has 3 heterocycles. The highest BCUT2D eigenvalue weighted by Crippen LogP contribution is 2.19. The molecule has 0 spiro atoms. The van der Waals surface area contributed by atoms with Crippen molar-refractivity contribution in [2.24, 2.45) is 5.16 Å². The topological polar surface area (TPSA) is 86.3 Å². The van der Waals surface area contributed by atoms with Crippen LogP contribution in [0.25, 0.3) is 0 Å². The summed E-state index contributed by atoms with van der Waals surface area (Å²) in [7, 11) is 0. The molecule has 0 saturated heterocycles. The molecule has 150 valence electrons. The highest BCUT2D eigenvalue weighted by Gasteiger charge is 2.29. The van der Waals surface area contributed by atoms with Crippen LogP contribution in [0, 0.1) is 12.7 Å². The van der Waals surface area contributed by atoms with Crippen LogP contribution in [0.3, 0.4) is 0 Å². The molecule has 1 aliphatic heterocycles. The largest absolute Gasteiger partial charge is 0.382 e. The molecule has 1 aliphatic rings. The third-order valence-corrected chi connectivity index (χ3v) is 4.74. The Kier molecular flexibility index (Phi) is 5.11. The smallest absolute Gasteiger partial charge is 0.268 e. The summed E-state index contributed by atoms with van der Waals surface area (Å²) >= 11 is 0. The molecule has 0 bridgehead atoms. The van der Waals surface area contributed by atoms with Crippen LogP contribution in [-0.2, 0) is 22.7 Å². The van der Waals surface area contributed by atoms with Gasteiger partial charge in [-0.25, -0.2) is 4.39 Å². The fourth-order valence-corrected chi connectivity index (χ4v) is 3.12. The number of carbonyl (C=O) groups excluding carboxylic acids is 1. The Morgan fingerprint density at radius 1 is 1.28 bits per heavy atom. The third kappa shape index (κ3) is 4.18. The van der Waals surface area contributed by atoms with Crippen molar-refractivity contribution in [2.75, 3.05) is 5.32 Å². The van der Waals surface area contributed by atoms with Crippen LogP contribution in [0.1, 0.15) is 30.2 Å². The second-order valence-corrected chi connectivity index (χ2v) is 6.85. The molecule has 1 amide bonds. The summed E-state index contributed by atoms with van der Waals surface area (Å²) in [5.41, 5.74) is 3.96. The van der Waals surface area contributed by atoms with Crippen molar-refractivity contribution in [2.45, 2.75) is 39.5 Å². The minimum atomic E-state index is -0.733. The van der Waals surface area contributed by atoms with E-state index < -0.39 is 6.10 Å². The van der Waals surface area contributed by atoms with Gasteiger partial charge in [0.2, 0.25) is 6.10 Å². The molecule has 1 aromatic carbocycles. The van der Waals surface area contributed by atoms with Crippen molar-refractivity contribution in [3.63, 3.8) is 0 Å². The minimum absolute atomic E-state index is 0.305. The molecule has 1 N–H and O–H groups in total. The van der Waals surface area contributed by atoms with Crippen LogP contribution in [0.2, 0.25) is 0 Å². The van der Waals surface area contributed by atoms with Gasteiger partial charge in [0.25, 0.3) is 5.91 Å². The highest BCUT2D eigenvalue weighted by molar-refractivity contribution is 6.06. The first-order valence-corrected chi connectivity index (χ1v) is 9.36. The van der Waals surface area contributed by atoms with Crippen molar-refractivity contribution < 1.29 is 14.0 Å². The van der Waals surface area contributed by atoms with Gasteiger partial charge in [-0.2, -0.15) is 10.2 Å². The number of carbonyl (C=O) groups is 1. The molecular formula is C20H21FN6O2. The first-order valence-electron chi connectivity index (χ1n) is 9.36. The minimum Gasteiger partial charge on any atom is -0.382 e. The van der Waals surface area contributed by atoms with Gasteiger partial charge < -0.3 is 10.2 Å². The molecular weight excluding hydrogens is 375 g/mol. The Labute approximate surface area is 167 Å². The maximum atomic E-state index is 13.1. The lowest BCUT2D eigenvalue weighted by molar-refractivity contribution is -0.125. The van der Waals surface area contributed by atoms with Gasteiger partial charge in [-0.3, -0.25) is 14.2 Å². The predicted molar refractivity (Wildman–Crippen MR) is 105 cm³/mol. The van der Waals surface area contributed by atoms with Crippen LogP contribution in [-0.4, -0.2) is 37.3 Å². The molecule has 3 aromatic rings. The average molecular weight is 396 g/mol. The molecule has 9 heteroatoms. The molecule has 1 unspecified atom stereocenters. The van der Waals surface area contributed by atoms with E-state index in [9.17, 15) is 9.18 Å². The Balaban J connectivity index is 1.35.